The highest BCUT2D eigenvalue weighted by atomic mass is 16.5. The number of nitrogens with one attached hydrogen (secondary N) is 1. The highest BCUT2D eigenvalue weighted by molar-refractivity contribution is 5.96. The van der Waals surface area contributed by atoms with Gasteiger partial charge in [-0.2, -0.15) is 0 Å². The molecule has 1 aromatic carbocycles. The summed E-state index contributed by atoms with van der Waals surface area (Å²) >= 11 is 0. The van der Waals surface area contributed by atoms with Crippen LogP contribution in [0.2, 0.25) is 0 Å². The van der Waals surface area contributed by atoms with Crippen LogP contribution in [0.1, 0.15) is 37.0 Å². The first-order chi connectivity index (χ1) is 10.5. The molecule has 7 nitrogen and oxygen atoms in total. The van der Waals surface area contributed by atoms with Crippen LogP contribution in [0.5, 0.6) is 5.75 Å². The molecule has 0 unspecified atom stereocenters. The first kappa shape index (κ1) is 17.5. The first-order valence-electron chi connectivity index (χ1n) is 6.93. The molecule has 120 valence electrons. The van der Waals surface area contributed by atoms with Crippen LogP contribution in [-0.4, -0.2) is 36.2 Å². The smallest absolute Gasteiger partial charge is 0.338 e. The molecule has 0 atom stereocenters. The maximum absolute atomic E-state index is 11.7. The number of carbonyl (C=O) groups is 3. The van der Waals surface area contributed by atoms with Gasteiger partial charge in [0.1, 0.15) is 5.75 Å². The Balaban J connectivity index is 2.87. The predicted octanol–water partition coefficient (Wildman–Crippen LogP) is 2.07. The number of hydrogen-bond acceptors (Lipinski definition) is 5. The molecule has 22 heavy (non-hydrogen) atoms. The van der Waals surface area contributed by atoms with Gasteiger partial charge in [0.2, 0.25) is 5.91 Å². The van der Waals surface area contributed by atoms with E-state index in [1.54, 1.807) is 13.8 Å². The summed E-state index contributed by atoms with van der Waals surface area (Å²) in [6.07, 6.45) is -0.392. The van der Waals surface area contributed by atoms with Gasteiger partial charge in [-0.15, -0.1) is 0 Å². The number of anilines is 1. The van der Waals surface area contributed by atoms with Gasteiger partial charge >= 0.3 is 11.9 Å². The van der Waals surface area contributed by atoms with Crippen LogP contribution in [0.25, 0.3) is 0 Å². The Kier molecular flexibility index (Phi) is 6.88. The van der Waals surface area contributed by atoms with Crippen LogP contribution in [0, 0.1) is 0 Å². The molecule has 0 saturated heterocycles. The fraction of sp³-hybridized carbons (Fsp3) is 0.400. The fourth-order valence-corrected chi connectivity index (χ4v) is 1.68. The van der Waals surface area contributed by atoms with Gasteiger partial charge in [-0.3, -0.25) is 9.59 Å². The third-order valence-electron chi connectivity index (χ3n) is 2.63. The Morgan fingerprint density at radius 2 is 1.86 bits per heavy atom. The molecule has 2 N–H and O–H groups in total. The number of rotatable bonds is 8. The van der Waals surface area contributed by atoms with E-state index >= 15 is 0 Å². The largest absolute Gasteiger partial charge is 0.492 e. The molecule has 0 heterocycles. The van der Waals surface area contributed by atoms with Gasteiger partial charge in [0, 0.05) is 6.42 Å². The van der Waals surface area contributed by atoms with Gasteiger partial charge < -0.3 is 19.9 Å². The van der Waals surface area contributed by atoms with Crippen LogP contribution in [-0.2, 0) is 14.3 Å². The number of carboxylic acids is 1. The molecule has 0 spiro atoms. The fourth-order valence-electron chi connectivity index (χ4n) is 1.68. The maximum atomic E-state index is 11.7. The second-order valence-corrected chi connectivity index (χ2v) is 4.31. The van der Waals surface area contributed by atoms with Crippen molar-refractivity contribution in [3.05, 3.63) is 23.8 Å². The summed E-state index contributed by atoms with van der Waals surface area (Å²) in [6, 6.07) is 4.51. The molecule has 0 saturated carbocycles. The van der Waals surface area contributed by atoms with Crippen molar-refractivity contribution in [2.75, 3.05) is 18.5 Å². The summed E-state index contributed by atoms with van der Waals surface area (Å²) in [6.45, 7) is 4.09. The van der Waals surface area contributed by atoms with E-state index in [2.05, 4.69) is 5.32 Å². The molecule has 1 aromatic rings. The molecule has 0 bridgehead atoms. The van der Waals surface area contributed by atoms with E-state index in [-0.39, 0.29) is 19.4 Å². The predicted molar refractivity (Wildman–Crippen MR) is 79.1 cm³/mol. The third-order valence-corrected chi connectivity index (χ3v) is 2.63. The van der Waals surface area contributed by atoms with Crippen molar-refractivity contribution in [1.29, 1.82) is 0 Å². The van der Waals surface area contributed by atoms with E-state index in [0.717, 1.165) is 0 Å². The lowest BCUT2D eigenvalue weighted by atomic mass is 10.2. The summed E-state index contributed by atoms with van der Waals surface area (Å²) in [5, 5.41) is 11.1. The summed E-state index contributed by atoms with van der Waals surface area (Å²) < 4.78 is 10.3. The lowest BCUT2D eigenvalue weighted by molar-refractivity contribution is -0.138. The second-order valence-electron chi connectivity index (χ2n) is 4.31. The minimum absolute atomic E-state index is 0.138. The van der Waals surface area contributed by atoms with Crippen molar-refractivity contribution in [1.82, 2.24) is 0 Å². The number of benzene rings is 1. The highest BCUT2D eigenvalue weighted by Gasteiger charge is 2.14. The van der Waals surface area contributed by atoms with Gasteiger partial charge in [0.15, 0.2) is 0 Å². The zero-order chi connectivity index (χ0) is 16.5. The number of carboxylic acid groups (broad SMARTS) is 1. The maximum Gasteiger partial charge on any atom is 0.338 e. The average molecular weight is 309 g/mol. The SMILES string of the molecule is CCOC(=O)c1ccc(NC(=O)CCC(=O)O)c(OCC)c1. The molecule has 1 rings (SSSR count). The van der Waals surface area contributed by atoms with Crippen molar-refractivity contribution in [2.45, 2.75) is 26.7 Å². The molecule has 0 fully saturated rings. The Morgan fingerprint density at radius 1 is 1.14 bits per heavy atom. The summed E-state index contributed by atoms with van der Waals surface area (Å²) in [5.74, 6) is -1.63. The third kappa shape index (κ3) is 5.43. The molecule has 1 amide bonds. The lowest BCUT2D eigenvalue weighted by Gasteiger charge is -2.12. The molecular weight excluding hydrogens is 290 g/mol. The van der Waals surface area contributed by atoms with E-state index in [1.807, 2.05) is 0 Å². The van der Waals surface area contributed by atoms with Crippen molar-refractivity contribution in [2.24, 2.45) is 0 Å². The normalized spacial score (nSPS) is 9.91. The van der Waals surface area contributed by atoms with E-state index in [1.165, 1.54) is 18.2 Å². The average Bonchev–Trinajstić information content (AvgIpc) is 2.47. The minimum Gasteiger partial charge on any atom is -0.492 e. The summed E-state index contributed by atoms with van der Waals surface area (Å²) in [5.41, 5.74) is 0.694. The zero-order valence-corrected chi connectivity index (χ0v) is 12.5. The van der Waals surface area contributed by atoms with Gasteiger partial charge in [-0.1, -0.05) is 0 Å². The number of amides is 1. The van der Waals surface area contributed by atoms with Gasteiger partial charge in [-0.25, -0.2) is 4.79 Å². The molecule has 0 aliphatic rings. The topological polar surface area (TPSA) is 102 Å². The molecular formula is C15H19NO6. The Hall–Kier alpha value is -2.57. The number of hydrogen-bond donors (Lipinski definition) is 2. The number of aliphatic carboxylic acids is 1. The highest BCUT2D eigenvalue weighted by Crippen LogP contribution is 2.26. The van der Waals surface area contributed by atoms with Crippen molar-refractivity contribution in [3.63, 3.8) is 0 Å². The Morgan fingerprint density at radius 3 is 2.45 bits per heavy atom. The van der Waals surface area contributed by atoms with Crippen LogP contribution in [0.15, 0.2) is 18.2 Å². The van der Waals surface area contributed by atoms with Crippen LogP contribution in [0.3, 0.4) is 0 Å². The van der Waals surface area contributed by atoms with E-state index < -0.39 is 17.8 Å². The van der Waals surface area contributed by atoms with Crippen molar-refractivity contribution >= 4 is 23.5 Å². The lowest BCUT2D eigenvalue weighted by Crippen LogP contribution is -2.14. The summed E-state index contributed by atoms with van der Waals surface area (Å²) in [7, 11) is 0. The monoisotopic (exact) mass is 309 g/mol. The van der Waals surface area contributed by atoms with Gasteiger partial charge in [0.05, 0.1) is 30.9 Å². The van der Waals surface area contributed by atoms with E-state index in [0.29, 0.717) is 23.6 Å². The Labute approximate surface area is 128 Å². The van der Waals surface area contributed by atoms with Crippen molar-refractivity contribution < 1.29 is 29.0 Å². The van der Waals surface area contributed by atoms with Crippen LogP contribution >= 0.6 is 0 Å². The number of ether oxygens (including phenoxy) is 2. The molecule has 0 aromatic heterocycles. The Bertz CT molecular complexity index is 555. The first-order valence-corrected chi connectivity index (χ1v) is 6.93. The number of esters is 1. The van der Waals surface area contributed by atoms with E-state index in [4.69, 9.17) is 14.6 Å². The second kappa shape index (κ2) is 8.66. The van der Waals surface area contributed by atoms with Crippen molar-refractivity contribution in [3.8, 4) is 5.75 Å². The van der Waals surface area contributed by atoms with Gasteiger partial charge in [0.25, 0.3) is 0 Å². The van der Waals surface area contributed by atoms with Gasteiger partial charge in [-0.05, 0) is 32.0 Å². The molecule has 0 aliphatic heterocycles. The quantitative estimate of drug-likeness (QED) is 0.713. The minimum atomic E-state index is -1.04. The molecule has 0 aliphatic carbocycles. The van der Waals surface area contributed by atoms with Crippen LogP contribution < -0.4 is 10.1 Å². The standard InChI is InChI=1S/C15H19NO6/c1-3-21-12-9-10(15(20)22-4-2)5-6-11(12)16-13(17)7-8-14(18)19/h5-6,9H,3-4,7-8H2,1-2H3,(H,16,17)(H,18,19). The van der Waals surface area contributed by atoms with Crippen LogP contribution in [0.4, 0.5) is 5.69 Å². The number of carbonyl (C=O) groups excluding carboxylic acids is 2. The zero-order valence-electron chi connectivity index (χ0n) is 12.5. The summed E-state index contributed by atoms with van der Waals surface area (Å²) in [4.78, 5) is 33.8. The van der Waals surface area contributed by atoms with E-state index in [9.17, 15) is 14.4 Å². The molecule has 7 heteroatoms. The molecule has 0 radical (unpaired) electrons.